The van der Waals surface area contributed by atoms with Crippen LogP contribution in [0.15, 0.2) is 30.3 Å². The zero-order valence-electron chi connectivity index (χ0n) is 15.8. The Hall–Kier alpha value is -0.780. The molecule has 1 aliphatic rings. The molecule has 21 heavy (non-hydrogen) atoms. The third-order valence-electron chi connectivity index (χ3n) is 3.84. The second kappa shape index (κ2) is 17.3. The maximum absolute atomic E-state index is 2.36. The summed E-state index contributed by atoms with van der Waals surface area (Å²) in [6.07, 6.45) is 8.60. The van der Waals surface area contributed by atoms with Crippen LogP contribution in [0.3, 0.4) is 0 Å². The molecule has 0 heterocycles. The Balaban J connectivity index is 0. The highest BCUT2D eigenvalue weighted by molar-refractivity contribution is 5.13. The van der Waals surface area contributed by atoms with Gasteiger partial charge in [-0.15, -0.1) is 0 Å². The average molecular weight is 293 g/mol. The quantitative estimate of drug-likeness (QED) is 0.528. The van der Waals surface area contributed by atoms with Crippen LogP contribution in [0, 0.1) is 11.8 Å². The van der Waals surface area contributed by atoms with Crippen LogP contribution in [-0.2, 0) is 6.42 Å². The highest BCUT2D eigenvalue weighted by Gasteiger charge is 2.15. The molecule has 1 saturated carbocycles. The van der Waals surface area contributed by atoms with Crippen molar-refractivity contribution in [3.05, 3.63) is 35.9 Å². The fourth-order valence-corrected chi connectivity index (χ4v) is 2.51. The van der Waals surface area contributed by atoms with Gasteiger partial charge in [0.2, 0.25) is 0 Å². The standard InChI is InChI=1S/C9H18.C8H10.2C2H6/c1-8(2)9-6-4-3-5-7-9;1-2-8-6-4-3-5-7-8;2*1-2/h8-9H,3-7H2,1-2H3;3-7H,2H2,1H3;2*1-2H3. The SMILES string of the molecule is CC.CC.CC(C)C1CCCCC1.CCc1ccccc1. The molecule has 0 heteroatoms. The summed E-state index contributed by atoms with van der Waals surface area (Å²) in [5, 5.41) is 0. The topological polar surface area (TPSA) is 0 Å². The van der Waals surface area contributed by atoms with Gasteiger partial charge in [0.25, 0.3) is 0 Å². The van der Waals surface area contributed by atoms with Crippen molar-refractivity contribution in [2.45, 2.75) is 87.0 Å². The summed E-state index contributed by atoms with van der Waals surface area (Å²) in [7, 11) is 0. The molecule has 1 fully saturated rings. The van der Waals surface area contributed by atoms with E-state index in [2.05, 4.69) is 45.0 Å². The smallest absolute Gasteiger partial charge is 0.0307 e. The van der Waals surface area contributed by atoms with Crippen LogP contribution in [0.4, 0.5) is 0 Å². The van der Waals surface area contributed by atoms with E-state index in [4.69, 9.17) is 0 Å². The van der Waals surface area contributed by atoms with E-state index in [0.29, 0.717) is 0 Å². The maximum Gasteiger partial charge on any atom is -0.0307 e. The van der Waals surface area contributed by atoms with Crippen molar-refractivity contribution in [1.29, 1.82) is 0 Å². The van der Waals surface area contributed by atoms with Crippen molar-refractivity contribution >= 4 is 0 Å². The lowest BCUT2D eigenvalue weighted by Gasteiger charge is -2.24. The first-order valence-corrected chi connectivity index (χ1v) is 9.28. The first kappa shape index (κ1) is 22.5. The van der Waals surface area contributed by atoms with Crippen LogP contribution in [0.2, 0.25) is 0 Å². The van der Waals surface area contributed by atoms with Crippen molar-refractivity contribution in [2.75, 3.05) is 0 Å². The van der Waals surface area contributed by atoms with Crippen LogP contribution in [0.1, 0.15) is 86.1 Å². The second-order valence-electron chi connectivity index (χ2n) is 5.48. The van der Waals surface area contributed by atoms with E-state index in [0.717, 1.165) is 18.3 Å². The number of aryl methyl sites for hydroxylation is 1. The van der Waals surface area contributed by atoms with Gasteiger partial charge in [0.15, 0.2) is 0 Å². The van der Waals surface area contributed by atoms with E-state index in [9.17, 15) is 0 Å². The van der Waals surface area contributed by atoms with Gasteiger partial charge in [-0.1, -0.05) is 111 Å². The fraction of sp³-hybridized carbons (Fsp3) is 0.714. The zero-order valence-corrected chi connectivity index (χ0v) is 15.8. The lowest BCUT2D eigenvalue weighted by Crippen LogP contribution is -2.12. The minimum Gasteiger partial charge on any atom is -0.0683 e. The van der Waals surface area contributed by atoms with Gasteiger partial charge in [-0.05, 0) is 23.8 Å². The second-order valence-corrected chi connectivity index (χ2v) is 5.48. The van der Waals surface area contributed by atoms with Crippen LogP contribution in [0.5, 0.6) is 0 Å². The summed E-state index contributed by atoms with van der Waals surface area (Å²) in [5.74, 6) is 1.99. The molecule has 124 valence electrons. The molecule has 2 rings (SSSR count). The fourth-order valence-electron chi connectivity index (χ4n) is 2.51. The Morgan fingerprint density at radius 1 is 0.857 bits per heavy atom. The predicted molar refractivity (Wildman–Crippen MR) is 99.9 cm³/mol. The first-order valence-electron chi connectivity index (χ1n) is 9.28. The van der Waals surface area contributed by atoms with E-state index in [1.54, 1.807) is 0 Å². The van der Waals surface area contributed by atoms with Crippen LogP contribution in [0.25, 0.3) is 0 Å². The zero-order chi connectivity index (χ0) is 16.5. The number of hydrogen-bond donors (Lipinski definition) is 0. The van der Waals surface area contributed by atoms with Crippen molar-refractivity contribution in [1.82, 2.24) is 0 Å². The van der Waals surface area contributed by atoms with Gasteiger partial charge >= 0.3 is 0 Å². The Morgan fingerprint density at radius 2 is 1.33 bits per heavy atom. The molecule has 0 aliphatic heterocycles. The summed E-state index contributed by atoms with van der Waals surface area (Å²) in [5.41, 5.74) is 1.41. The Morgan fingerprint density at radius 3 is 1.62 bits per heavy atom. The van der Waals surface area contributed by atoms with Crippen molar-refractivity contribution in [2.24, 2.45) is 11.8 Å². The van der Waals surface area contributed by atoms with E-state index >= 15 is 0 Å². The van der Waals surface area contributed by atoms with E-state index < -0.39 is 0 Å². The van der Waals surface area contributed by atoms with Gasteiger partial charge in [0.1, 0.15) is 0 Å². The van der Waals surface area contributed by atoms with Crippen LogP contribution >= 0.6 is 0 Å². The minimum atomic E-state index is 0.935. The summed E-state index contributed by atoms with van der Waals surface area (Å²) in [6, 6.07) is 10.5. The molecule has 1 aliphatic carbocycles. The van der Waals surface area contributed by atoms with Crippen LogP contribution < -0.4 is 0 Å². The van der Waals surface area contributed by atoms with Crippen molar-refractivity contribution in [3.8, 4) is 0 Å². The molecule has 0 amide bonds. The normalized spacial score (nSPS) is 13.9. The molecule has 0 aromatic heterocycles. The summed E-state index contributed by atoms with van der Waals surface area (Å²) >= 11 is 0. The first-order chi connectivity index (χ1) is 10.2. The summed E-state index contributed by atoms with van der Waals surface area (Å²) in [4.78, 5) is 0. The highest BCUT2D eigenvalue weighted by Crippen LogP contribution is 2.29. The molecule has 0 radical (unpaired) electrons. The Bertz CT molecular complexity index is 267. The molecule has 0 bridgehead atoms. The molecule has 0 unspecified atom stereocenters. The lowest BCUT2D eigenvalue weighted by atomic mass is 9.82. The number of rotatable bonds is 2. The molecular weight excluding hydrogens is 252 g/mol. The average Bonchev–Trinajstić information content (AvgIpc) is 2.60. The Kier molecular flexibility index (Phi) is 18.5. The molecule has 0 atom stereocenters. The van der Waals surface area contributed by atoms with Gasteiger partial charge in [-0.2, -0.15) is 0 Å². The Labute approximate surface area is 135 Å². The monoisotopic (exact) mass is 292 g/mol. The third kappa shape index (κ3) is 12.7. The largest absolute Gasteiger partial charge is 0.0683 e. The van der Waals surface area contributed by atoms with Gasteiger partial charge in [-0.3, -0.25) is 0 Å². The van der Waals surface area contributed by atoms with Crippen molar-refractivity contribution < 1.29 is 0 Å². The molecule has 1 aromatic carbocycles. The molecule has 0 saturated heterocycles. The number of benzene rings is 1. The van der Waals surface area contributed by atoms with Crippen molar-refractivity contribution in [3.63, 3.8) is 0 Å². The minimum absolute atomic E-state index is 0.935. The molecular formula is C21H40. The molecule has 0 nitrogen and oxygen atoms in total. The third-order valence-corrected chi connectivity index (χ3v) is 3.84. The van der Waals surface area contributed by atoms with E-state index in [1.165, 1.54) is 37.7 Å². The number of hydrogen-bond acceptors (Lipinski definition) is 0. The lowest BCUT2D eigenvalue weighted by molar-refractivity contribution is 0.279. The molecule has 0 N–H and O–H groups in total. The van der Waals surface area contributed by atoms with Gasteiger partial charge < -0.3 is 0 Å². The predicted octanol–water partition coefficient (Wildman–Crippen LogP) is 7.52. The highest BCUT2D eigenvalue weighted by atomic mass is 14.2. The maximum atomic E-state index is 2.36. The van der Waals surface area contributed by atoms with Gasteiger partial charge in [-0.25, -0.2) is 0 Å². The summed E-state index contributed by atoms with van der Waals surface area (Å²) < 4.78 is 0. The van der Waals surface area contributed by atoms with E-state index in [1.807, 2.05) is 33.8 Å². The molecule has 1 aromatic rings. The van der Waals surface area contributed by atoms with E-state index in [-0.39, 0.29) is 0 Å². The summed E-state index contributed by atoms with van der Waals surface area (Å²) in [6.45, 7) is 14.9. The van der Waals surface area contributed by atoms with Gasteiger partial charge in [0, 0.05) is 0 Å². The van der Waals surface area contributed by atoms with Crippen LogP contribution in [-0.4, -0.2) is 0 Å². The van der Waals surface area contributed by atoms with Gasteiger partial charge in [0.05, 0.1) is 0 Å². The molecule has 0 spiro atoms.